The molecule has 1 aromatic carbocycles. The third-order valence-corrected chi connectivity index (χ3v) is 5.12. The predicted molar refractivity (Wildman–Crippen MR) is 114 cm³/mol. The highest BCUT2D eigenvalue weighted by Crippen LogP contribution is 2.29. The number of amidine groups is 1. The fourth-order valence-electron chi connectivity index (χ4n) is 3.49. The molecule has 2 aliphatic heterocycles. The summed E-state index contributed by atoms with van der Waals surface area (Å²) in [5.41, 5.74) is 1.75. The summed E-state index contributed by atoms with van der Waals surface area (Å²) in [5, 5.41) is 2.65. The van der Waals surface area contributed by atoms with Crippen LogP contribution in [-0.2, 0) is 14.3 Å². The standard InChI is InChI=1S/C22H24N4O5/c1-5-14-11-23-20-18(19(14)31-6-2)21(29)26(22(30)25(20)4)12-17(28)24-16-9-7-15(8-10-16)13(3)27/h7-11,18H,5-6,12H2,1-4H3/p+1. The Bertz CT molecular complexity index is 1040. The molecule has 1 unspecified atom stereocenters. The van der Waals surface area contributed by atoms with E-state index in [2.05, 4.69) is 10.3 Å². The molecule has 162 valence electrons. The second-order valence-corrected chi connectivity index (χ2v) is 7.17. The molecule has 0 aromatic heterocycles. The first kappa shape index (κ1) is 22.1. The Hall–Kier alpha value is -3.62. The van der Waals surface area contributed by atoms with Crippen LogP contribution in [0.1, 0.15) is 37.6 Å². The van der Waals surface area contributed by atoms with Gasteiger partial charge in [-0.05, 0) is 44.5 Å². The van der Waals surface area contributed by atoms with Crippen molar-refractivity contribution < 1.29 is 28.5 Å². The average Bonchev–Trinajstić information content (AvgIpc) is 2.75. The van der Waals surface area contributed by atoms with Crippen LogP contribution < -0.4 is 5.32 Å². The first-order chi connectivity index (χ1) is 14.8. The van der Waals surface area contributed by atoms with Gasteiger partial charge in [-0.1, -0.05) is 6.92 Å². The summed E-state index contributed by atoms with van der Waals surface area (Å²) in [5.74, 6) is -1.29. The molecule has 0 aliphatic carbocycles. The molecule has 31 heavy (non-hydrogen) atoms. The van der Waals surface area contributed by atoms with Crippen molar-refractivity contribution in [2.24, 2.45) is 10.9 Å². The Morgan fingerprint density at radius 1 is 1.19 bits per heavy atom. The first-order valence-corrected chi connectivity index (χ1v) is 10.0. The number of ether oxygens (including phenoxy) is 1. The molecule has 4 amide bonds. The van der Waals surface area contributed by atoms with Crippen LogP contribution in [0.2, 0.25) is 0 Å². The van der Waals surface area contributed by atoms with Gasteiger partial charge >= 0.3 is 11.9 Å². The molecule has 0 bridgehead atoms. The number of hydrogen-bond acceptors (Lipinski definition) is 6. The van der Waals surface area contributed by atoms with Crippen molar-refractivity contribution in [3.63, 3.8) is 0 Å². The van der Waals surface area contributed by atoms with Crippen LogP contribution >= 0.6 is 0 Å². The lowest BCUT2D eigenvalue weighted by molar-refractivity contribution is -0.408. The van der Waals surface area contributed by atoms with E-state index in [-0.39, 0.29) is 11.6 Å². The van der Waals surface area contributed by atoms with Gasteiger partial charge in [-0.25, -0.2) is 4.79 Å². The molecule has 3 rings (SSSR count). The van der Waals surface area contributed by atoms with Crippen molar-refractivity contribution in [2.45, 2.75) is 27.2 Å². The van der Waals surface area contributed by atoms with Crippen LogP contribution in [-0.4, -0.2) is 65.4 Å². The number of carbonyl (C=O) groups excluding carboxylic acids is 4. The van der Waals surface area contributed by atoms with Crippen LogP contribution in [0, 0.1) is 5.92 Å². The highest BCUT2D eigenvalue weighted by molar-refractivity contribution is 6.17. The van der Waals surface area contributed by atoms with Crippen LogP contribution in [0.5, 0.6) is 0 Å². The number of fused-ring (bicyclic) bond motifs is 1. The summed E-state index contributed by atoms with van der Waals surface area (Å²) in [6.07, 6.45) is 2.23. The highest BCUT2D eigenvalue weighted by atomic mass is 16.5. The molecule has 0 fully saturated rings. The van der Waals surface area contributed by atoms with E-state index in [0.29, 0.717) is 30.0 Å². The van der Waals surface area contributed by atoms with Crippen molar-refractivity contribution >= 4 is 41.4 Å². The van der Waals surface area contributed by atoms with E-state index in [1.165, 1.54) is 18.5 Å². The normalized spacial score (nSPS) is 18.3. The van der Waals surface area contributed by atoms with E-state index in [1.54, 1.807) is 30.5 Å². The SMILES string of the molecule is CCOC1=C(CC)C=NC2=[N+](C)C(=O)N(CC(=O)Nc3ccc(C(C)=O)cc3)C(=O)C12. The summed E-state index contributed by atoms with van der Waals surface area (Å²) in [4.78, 5) is 55.1. The number of dihydropyridines is 1. The zero-order chi connectivity index (χ0) is 22.7. The maximum atomic E-state index is 13.2. The second-order valence-electron chi connectivity index (χ2n) is 7.17. The molecule has 9 heteroatoms. The van der Waals surface area contributed by atoms with E-state index >= 15 is 0 Å². The summed E-state index contributed by atoms with van der Waals surface area (Å²) in [6.45, 7) is 5.10. The molecule has 1 atom stereocenters. The number of nitrogens with one attached hydrogen (secondary N) is 1. The van der Waals surface area contributed by atoms with Gasteiger partial charge in [0.25, 0.3) is 11.7 Å². The van der Waals surface area contributed by atoms with Gasteiger partial charge in [0, 0.05) is 16.8 Å². The molecule has 0 saturated carbocycles. The molecular formula is C22H25N4O5+. The Balaban J connectivity index is 1.83. The Labute approximate surface area is 180 Å². The molecule has 2 heterocycles. The molecule has 2 aliphatic rings. The molecule has 1 N–H and O–H groups in total. The van der Waals surface area contributed by atoms with Crippen LogP contribution in [0.3, 0.4) is 0 Å². The molecule has 0 radical (unpaired) electrons. The van der Waals surface area contributed by atoms with Crippen molar-refractivity contribution in [2.75, 3.05) is 25.5 Å². The molecule has 9 nitrogen and oxygen atoms in total. The predicted octanol–water partition coefficient (Wildman–Crippen LogP) is 2.23. The van der Waals surface area contributed by atoms with Crippen LogP contribution in [0.4, 0.5) is 10.5 Å². The maximum absolute atomic E-state index is 13.2. The monoisotopic (exact) mass is 425 g/mol. The van der Waals surface area contributed by atoms with Gasteiger partial charge in [0.1, 0.15) is 12.0 Å². The number of urea groups is 1. The molecule has 0 saturated heterocycles. The minimum atomic E-state index is -0.870. The Morgan fingerprint density at radius 2 is 1.87 bits per heavy atom. The van der Waals surface area contributed by atoms with Crippen LogP contribution in [0.25, 0.3) is 0 Å². The first-order valence-electron chi connectivity index (χ1n) is 10.0. The zero-order valence-corrected chi connectivity index (χ0v) is 18.0. The number of ketones is 1. The van der Waals surface area contributed by atoms with Gasteiger partial charge < -0.3 is 10.1 Å². The van der Waals surface area contributed by atoms with Crippen molar-refractivity contribution in [3.8, 4) is 0 Å². The number of aliphatic imine (C=N–C) groups is 1. The number of imide groups is 1. The molecule has 1 aromatic rings. The van der Waals surface area contributed by atoms with Gasteiger partial charge in [-0.2, -0.15) is 9.48 Å². The van der Waals surface area contributed by atoms with E-state index in [9.17, 15) is 19.2 Å². The maximum Gasteiger partial charge on any atom is 0.446 e. The quantitative estimate of drug-likeness (QED) is 0.532. The number of rotatable bonds is 7. The van der Waals surface area contributed by atoms with E-state index in [0.717, 1.165) is 10.5 Å². The summed E-state index contributed by atoms with van der Waals surface area (Å²) < 4.78 is 7.01. The number of nitrogens with zero attached hydrogens (tertiary/aromatic N) is 3. The van der Waals surface area contributed by atoms with Crippen molar-refractivity contribution in [1.29, 1.82) is 0 Å². The smallest absolute Gasteiger partial charge is 0.446 e. The highest BCUT2D eigenvalue weighted by Gasteiger charge is 2.51. The topological polar surface area (TPSA) is 108 Å². The summed E-state index contributed by atoms with van der Waals surface area (Å²) >= 11 is 0. The minimum absolute atomic E-state index is 0.0859. The number of hydrogen-bond donors (Lipinski definition) is 1. The third kappa shape index (κ3) is 4.30. The minimum Gasteiger partial charge on any atom is -0.496 e. The lowest BCUT2D eigenvalue weighted by Gasteiger charge is -2.29. The molecular weight excluding hydrogens is 400 g/mol. The van der Waals surface area contributed by atoms with Crippen LogP contribution in [0.15, 0.2) is 40.6 Å². The van der Waals surface area contributed by atoms with E-state index in [4.69, 9.17) is 4.74 Å². The van der Waals surface area contributed by atoms with E-state index < -0.39 is 30.3 Å². The summed E-state index contributed by atoms with van der Waals surface area (Å²) in [6, 6.07) is 5.73. The van der Waals surface area contributed by atoms with E-state index in [1.807, 2.05) is 13.8 Å². The lowest BCUT2D eigenvalue weighted by atomic mass is 9.94. The number of amides is 4. The van der Waals surface area contributed by atoms with Crippen molar-refractivity contribution in [3.05, 3.63) is 41.2 Å². The fraction of sp³-hybridized carbons (Fsp3) is 0.364. The number of benzene rings is 1. The number of carbonyl (C=O) groups is 4. The number of Topliss-reactive ketones (excluding diaryl/α,β-unsaturated/α-hetero) is 1. The fourth-order valence-corrected chi connectivity index (χ4v) is 3.49. The largest absolute Gasteiger partial charge is 0.496 e. The van der Waals surface area contributed by atoms with Gasteiger partial charge in [0.15, 0.2) is 18.2 Å². The van der Waals surface area contributed by atoms with Gasteiger partial charge in [-0.3, -0.25) is 14.4 Å². The Morgan fingerprint density at radius 3 is 2.45 bits per heavy atom. The second kappa shape index (κ2) is 9.03. The van der Waals surface area contributed by atoms with Gasteiger partial charge in [0.05, 0.1) is 13.7 Å². The number of anilines is 1. The average molecular weight is 425 g/mol. The molecule has 0 spiro atoms. The van der Waals surface area contributed by atoms with Crippen molar-refractivity contribution in [1.82, 2.24) is 4.90 Å². The summed E-state index contributed by atoms with van der Waals surface area (Å²) in [7, 11) is 1.51. The van der Waals surface area contributed by atoms with Gasteiger partial charge in [-0.15, -0.1) is 4.99 Å². The lowest BCUT2D eigenvalue weighted by Crippen LogP contribution is -2.56. The van der Waals surface area contributed by atoms with Gasteiger partial charge in [0.2, 0.25) is 0 Å². The number of allylic oxidation sites excluding steroid dienone is 1. The third-order valence-electron chi connectivity index (χ3n) is 5.12. The zero-order valence-electron chi connectivity index (χ0n) is 18.0. The Kier molecular flexibility index (Phi) is 6.43.